The van der Waals surface area contributed by atoms with Crippen LogP contribution in [0.25, 0.3) is 5.69 Å². The van der Waals surface area contributed by atoms with Gasteiger partial charge in [-0.3, -0.25) is 10.2 Å². The second kappa shape index (κ2) is 5.21. The second-order valence-electron chi connectivity index (χ2n) is 4.06. The molecular formula is C12H8ClF3N4O. The van der Waals surface area contributed by atoms with Gasteiger partial charge in [0.15, 0.2) is 5.69 Å². The van der Waals surface area contributed by atoms with Crippen molar-refractivity contribution in [3.05, 3.63) is 47.3 Å². The van der Waals surface area contributed by atoms with Crippen LogP contribution in [0.5, 0.6) is 0 Å². The van der Waals surface area contributed by atoms with E-state index in [9.17, 15) is 18.0 Å². The molecule has 0 amide bonds. The van der Waals surface area contributed by atoms with Gasteiger partial charge in [-0.25, -0.2) is 4.68 Å². The molecule has 0 aliphatic rings. The largest absolute Gasteiger partial charge is 0.435 e. The summed E-state index contributed by atoms with van der Waals surface area (Å²) in [5.41, 5.74) is 4.07. The third kappa shape index (κ3) is 3.05. The van der Waals surface area contributed by atoms with Crippen LogP contribution in [-0.4, -0.2) is 20.9 Å². The number of amidine groups is 1. The topological polar surface area (TPSA) is 84.8 Å². The summed E-state index contributed by atoms with van der Waals surface area (Å²) in [5.74, 6) is -0.265. The first-order chi connectivity index (χ1) is 9.70. The maximum absolute atomic E-state index is 12.7. The molecule has 0 bridgehead atoms. The molecule has 1 aromatic heterocycles. The summed E-state index contributed by atoms with van der Waals surface area (Å²) in [6.07, 6.45) is -4.70. The van der Waals surface area contributed by atoms with Gasteiger partial charge in [0.25, 0.3) is 5.24 Å². The number of rotatable bonds is 3. The van der Waals surface area contributed by atoms with Crippen LogP contribution in [0.2, 0.25) is 0 Å². The number of alkyl halides is 3. The first kappa shape index (κ1) is 15.0. The lowest BCUT2D eigenvalue weighted by Gasteiger charge is -2.06. The van der Waals surface area contributed by atoms with Crippen LogP contribution >= 0.6 is 11.6 Å². The number of halogens is 4. The highest BCUT2D eigenvalue weighted by atomic mass is 35.5. The van der Waals surface area contributed by atoms with E-state index in [1.807, 2.05) is 0 Å². The molecule has 0 radical (unpaired) electrons. The number of carbonyl (C=O) groups is 1. The van der Waals surface area contributed by atoms with Crippen molar-refractivity contribution in [3.63, 3.8) is 0 Å². The van der Waals surface area contributed by atoms with Crippen LogP contribution in [0.3, 0.4) is 0 Å². The lowest BCUT2D eigenvalue weighted by Crippen LogP contribution is -2.13. The second-order valence-corrected chi connectivity index (χ2v) is 4.41. The molecule has 0 atom stereocenters. The van der Waals surface area contributed by atoms with Gasteiger partial charge in [-0.15, -0.1) is 0 Å². The van der Waals surface area contributed by atoms with Gasteiger partial charge in [-0.2, -0.15) is 18.3 Å². The molecule has 110 valence electrons. The number of benzene rings is 1. The summed E-state index contributed by atoms with van der Waals surface area (Å²) in [6, 6.07) is 6.29. The quantitative estimate of drug-likeness (QED) is 0.518. The zero-order valence-corrected chi connectivity index (χ0v) is 11.0. The summed E-state index contributed by atoms with van der Waals surface area (Å²) in [4.78, 5) is 11.3. The van der Waals surface area contributed by atoms with Crippen molar-refractivity contribution < 1.29 is 18.0 Å². The highest BCUT2D eigenvalue weighted by molar-refractivity contribution is 6.67. The van der Waals surface area contributed by atoms with Gasteiger partial charge in [-0.1, -0.05) is 12.1 Å². The summed E-state index contributed by atoms with van der Waals surface area (Å²) < 4.78 is 38.8. The zero-order valence-electron chi connectivity index (χ0n) is 10.3. The van der Waals surface area contributed by atoms with E-state index in [1.54, 1.807) is 0 Å². The van der Waals surface area contributed by atoms with E-state index in [0.717, 1.165) is 4.68 Å². The number of nitrogen functional groups attached to an aromatic ring is 1. The van der Waals surface area contributed by atoms with Crippen LogP contribution in [0.4, 0.5) is 13.2 Å². The molecule has 1 heterocycles. The molecule has 2 aromatic rings. The predicted octanol–water partition coefficient (Wildman–Crippen LogP) is 2.55. The Morgan fingerprint density at radius 3 is 2.52 bits per heavy atom. The molecule has 2 rings (SSSR count). The van der Waals surface area contributed by atoms with Gasteiger partial charge in [0.05, 0.1) is 5.69 Å². The fourth-order valence-electron chi connectivity index (χ4n) is 1.66. The highest BCUT2D eigenvalue weighted by Crippen LogP contribution is 2.30. The Bertz CT molecular complexity index is 724. The number of aromatic nitrogens is 2. The van der Waals surface area contributed by atoms with Gasteiger partial charge < -0.3 is 5.73 Å². The highest BCUT2D eigenvalue weighted by Gasteiger charge is 2.36. The number of nitrogens with one attached hydrogen (secondary N) is 1. The normalized spacial score (nSPS) is 11.4. The van der Waals surface area contributed by atoms with E-state index in [4.69, 9.17) is 22.7 Å². The van der Waals surface area contributed by atoms with Crippen molar-refractivity contribution in [2.45, 2.75) is 6.18 Å². The lowest BCUT2D eigenvalue weighted by molar-refractivity contribution is -0.141. The molecule has 0 spiro atoms. The molecule has 0 unspecified atom stereocenters. The van der Waals surface area contributed by atoms with E-state index >= 15 is 0 Å². The van der Waals surface area contributed by atoms with E-state index in [0.29, 0.717) is 6.07 Å². The number of hydrogen-bond acceptors (Lipinski definition) is 3. The van der Waals surface area contributed by atoms with Gasteiger partial charge in [0, 0.05) is 11.6 Å². The average Bonchev–Trinajstić information content (AvgIpc) is 2.84. The minimum atomic E-state index is -4.70. The number of nitrogens with zero attached hydrogens (tertiary/aromatic N) is 2. The van der Waals surface area contributed by atoms with Gasteiger partial charge in [0.1, 0.15) is 11.5 Å². The minimum absolute atomic E-state index is 0.141. The van der Waals surface area contributed by atoms with Crippen LogP contribution in [0.1, 0.15) is 21.7 Å². The summed E-state index contributed by atoms with van der Waals surface area (Å²) in [5, 5.41) is 9.58. The molecule has 0 fully saturated rings. The standard InChI is InChI=1S/C12H8ClF3N4O/c13-10(21)8-5-9(12(14,15)16)19-20(8)7-3-1-2-6(4-7)11(17)18/h1-5H,(H3,17,18). The van der Waals surface area contributed by atoms with Crippen LogP contribution in [0, 0.1) is 5.41 Å². The maximum atomic E-state index is 12.7. The maximum Gasteiger partial charge on any atom is 0.435 e. The molecule has 9 heteroatoms. The molecule has 1 aromatic carbocycles. The Morgan fingerprint density at radius 1 is 1.33 bits per heavy atom. The van der Waals surface area contributed by atoms with Crippen LogP contribution in [-0.2, 0) is 6.18 Å². The van der Waals surface area contributed by atoms with Crippen molar-refractivity contribution in [1.82, 2.24) is 9.78 Å². The molecule has 0 saturated carbocycles. The van der Waals surface area contributed by atoms with Crippen LogP contribution in [0.15, 0.2) is 30.3 Å². The van der Waals surface area contributed by atoms with E-state index in [1.165, 1.54) is 24.3 Å². The van der Waals surface area contributed by atoms with Crippen molar-refractivity contribution >= 4 is 22.7 Å². The fourth-order valence-corrected chi connectivity index (χ4v) is 1.80. The van der Waals surface area contributed by atoms with Gasteiger partial charge in [-0.05, 0) is 23.7 Å². The minimum Gasteiger partial charge on any atom is -0.384 e. The monoisotopic (exact) mass is 316 g/mol. The summed E-state index contributed by atoms with van der Waals surface area (Å²) in [6.45, 7) is 0. The van der Waals surface area contributed by atoms with Gasteiger partial charge in [0.2, 0.25) is 0 Å². The Hall–Kier alpha value is -2.35. The average molecular weight is 317 g/mol. The molecule has 5 nitrogen and oxygen atoms in total. The molecular weight excluding hydrogens is 309 g/mol. The number of hydrogen-bond donors (Lipinski definition) is 2. The Labute approximate surface area is 121 Å². The molecule has 0 saturated heterocycles. The van der Waals surface area contributed by atoms with Crippen molar-refractivity contribution in [2.75, 3.05) is 0 Å². The smallest absolute Gasteiger partial charge is 0.384 e. The molecule has 0 aliphatic carbocycles. The molecule has 3 N–H and O–H groups in total. The van der Waals surface area contributed by atoms with E-state index < -0.39 is 22.8 Å². The Balaban J connectivity index is 2.62. The Morgan fingerprint density at radius 2 is 2.00 bits per heavy atom. The van der Waals surface area contributed by atoms with Crippen molar-refractivity contribution in [2.24, 2.45) is 5.73 Å². The van der Waals surface area contributed by atoms with Crippen molar-refractivity contribution in [1.29, 1.82) is 5.41 Å². The molecule has 21 heavy (non-hydrogen) atoms. The lowest BCUT2D eigenvalue weighted by atomic mass is 10.2. The fraction of sp³-hybridized carbons (Fsp3) is 0.0833. The van der Waals surface area contributed by atoms with E-state index in [-0.39, 0.29) is 17.1 Å². The first-order valence-corrected chi connectivity index (χ1v) is 5.90. The molecule has 0 aliphatic heterocycles. The Kier molecular flexibility index (Phi) is 3.73. The third-order valence-electron chi connectivity index (χ3n) is 2.60. The number of nitrogens with two attached hydrogens (primary N) is 1. The van der Waals surface area contributed by atoms with Crippen LogP contribution < -0.4 is 5.73 Å². The summed E-state index contributed by atoms with van der Waals surface area (Å²) >= 11 is 5.29. The van der Waals surface area contributed by atoms with E-state index in [2.05, 4.69) is 5.10 Å². The van der Waals surface area contributed by atoms with Gasteiger partial charge >= 0.3 is 6.18 Å². The predicted molar refractivity (Wildman–Crippen MR) is 69.8 cm³/mol. The number of carbonyl (C=O) groups excluding carboxylic acids is 1. The zero-order chi connectivity index (χ0) is 15.8. The third-order valence-corrected chi connectivity index (χ3v) is 2.80. The summed E-state index contributed by atoms with van der Waals surface area (Å²) in [7, 11) is 0. The first-order valence-electron chi connectivity index (χ1n) is 5.52. The SMILES string of the molecule is N=C(N)c1cccc(-n2nc(C(F)(F)F)cc2C(=O)Cl)c1. The van der Waals surface area contributed by atoms with Crippen molar-refractivity contribution in [3.8, 4) is 5.69 Å².